The van der Waals surface area contributed by atoms with Gasteiger partial charge in [-0.2, -0.15) is 0 Å². The van der Waals surface area contributed by atoms with E-state index in [1.54, 1.807) is 6.08 Å². The van der Waals surface area contributed by atoms with E-state index in [0.29, 0.717) is 12.8 Å². The molecule has 12 atom stereocenters. The average Bonchev–Trinajstić information content (AvgIpc) is 2.46. The van der Waals surface area contributed by atoms with E-state index in [1.807, 2.05) is 6.08 Å². The highest BCUT2D eigenvalue weighted by atomic mass is 16.7. The molecular formula is C71H133NO13. The van der Waals surface area contributed by atoms with Gasteiger partial charge >= 0.3 is 0 Å². The van der Waals surface area contributed by atoms with Crippen molar-refractivity contribution in [3.63, 3.8) is 0 Å². The van der Waals surface area contributed by atoms with Crippen LogP contribution in [0.3, 0.4) is 0 Å². The van der Waals surface area contributed by atoms with Crippen LogP contribution in [0.2, 0.25) is 0 Å². The lowest BCUT2D eigenvalue weighted by molar-refractivity contribution is -0.359. The molecule has 9 N–H and O–H groups in total. The minimum absolute atomic E-state index is 0.250. The van der Waals surface area contributed by atoms with Gasteiger partial charge in [0.15, 0.2) is 12.6 Å². The fourth-order valence-electron chi connectivity index (χ4n) is 11.9. The molecule has 0 aromatic heterocycles. The molecule has 85 heavy (non-hydrogen) atoms. The van der Waals surface area contributed by atoms with Gasteiger partial charge in [0.1, 0.15) is 48.8 Å². The second kappa shape index (κ2) is 56.2. The maximum Gasteiger partial charge on any atom is 0.220 e. The number of hydrogen-bond donors (Lipinski definition) is 9. The quantitative estimate of drug-likeness (QED) is 0.0204. The molecule has 0 bridgehead atoms. The Kier molecular flexibility index (Phi) is 52.4. The Hall–Kier alpha value is -1.79. The molecular weight excluding hydrogens is 1070 g/mol. The van der Waals surface area contributed by atoms with Gasteiger partial charge in [-0.05, 0) is 38.5 Å². The van der Waals surface area contributed by atoms with Gasteiger partial charge < -0.3 is 65.1 Å². The Morgan fingerprint density at radius 3 is 1.13 bits per heavy atom. The van der Waals surface area contributed by atoms with Crippen LogP contribution in [-0.2, 0) is 23.7 Å². The number of hydrogen-bond acceptors (Lipinski definition) is 13. The first-order chi connectivity index (χ1) is 41.6. The summed E-state index contributed by atoms with van der Waals surface area (Å²) in [6.07, 6.45) is 55.6. The Morgan fingerprint density at radius 2 is 0.753 bits per heavy atom. The molecule has 2 saturated heterocycles. The third-order valence-electron chi connectivity index (χ3n) is 17.5. The highest BCUT2D eigenvalue weighted by Gasteiger charge is 2.51. The first-order valence-corrected chi connectivity index (χ1v) is 35.7. The summed E-state index contributed by atoms with van der Waals surface area (Å²) in [5.74, 6) is -0.250. The zero-order chi connectivity index (χ0) is 61.6. The van der Waals surface area contributed by atoms with Crippen LogP contribution in [-0.4, -0.2) is 140 Å². The van der Waals surface area contributed by atoms with Crippen molar-refractivity contribution >= 4 is 5.91 Å². The van der Waals surface area contributed by atoms with E-state index in [-0.39, 0.29) is 18.9 Å². The number of amides is 1. The standard InChI is InChI=1S/C71H133NO13/c1-3-5-7-9-11-13-15-16-17-18-19-20-21-22-23-24-25-26-27-28-29-30-31-32-33-34-35-36-37-38-39-40-41-42-43-45-47-49-51-53-55-63(76)72-59(60(75)54-52-50-48-46-44-14-12-10-8-6-4-2)58-82-70-68(81)66(79)69(62(57-74)84-70)85-71-67(80)65(78)64(77)61(56-73)83-71/h8,10,44,46,52,54,59-62,64-71,73-75,77-81H,3-7,9,11-43,45,47-51,53,55-58H2,1-2H3,(H,72,76)/b10-8+,46-44+,54-52+. The summed E-state index contributed by atoms with van der Waals surface area (Å²) in [4.78, 5) is 13.3. The topological polar surface area (TPSA) is 228 Å². The first kappa shape index (κ1) is 79.3. The molecule has 0 saturated carbocycles. The van der Waals surface area contributed by atoms with Crippen LogP contribution in [0.15, 0.2) is 36.5 Å². The molecule has 2 heterocycles. The molecule has 0 aliphatic carbocycles. The van der Waals surface area contributed by atoms with Gasteiger partial charge in [-0.15, -0.1) is 0 Å². The Balaban J connectivity index is 1.51. The minimum atomic E-state index is -1.79. The van der Waals surface area contributed by atoms with Crippen molar-refractivity contribution in [1.29, 1.82) is 0 Å². The SMILES string of the molecule is CCC/C=C/CC/C=C/CC/C=C/C(O)C(COC1OC(CO)C(OC2OC(CO)C(O)C(O)C2O)C(O)C1O)NC(=O)CCCCCCCCCCCCCCCCCCCCCCCCCCCCCCCCCCCCCCCCCC. The molecule has 2 aliphatic rings. The lowest BCUT2D eigenvalue weighted by atomic mass is 9.97. The summed E-state index contributed by atoms with van der Waals surface area (Å²) in [6.45, 7) is 2.72. The Morgan fingerprint density at radius 1 is 0.412 bits per heavy atom. The lowest BCUT2D eigenvalue weighted by Crippen LogP contribution is -2.65. The summed E-state index contributed by atoms with van der Waals surface area (Å²) in [5.41, 5.74) is 0. The van der Waals surface area contributed by atoms with Gasteiger partial charge in [0.2, 0.25) is 5.91 Å². The minimum Gasteiger partial charge on any atom is -0.394 e. The number of rotatable bonds is 59. The molecule has 0 spiro atoms. The number of allylic oxidation sites excluding steroid dienone is 5. The van der Waals surface area contributed by atoms with Crippen molar-refractivity contribution in [1.82, 2.24) is 5.32 Å². The smallest absolute Gasteiger partial charge is 0.220 e. The zero-order valence-electron chi connectivity index (χ0n) is 54.4. The van der Waals surface area contributed by atoms with Crippen LogP contribution in [0, 0.1) is 0 Å². The van der Waals surface area contributed by atoms with Gasteiger partial charge in [-0.3, -0.25) is 4.79 Å². The third-order valence-corrected chi connectivity index (χ3v) is 17.5. The van der Waals surface area contributed by atoms with Crippen LogP contribution in [0.5, 0.6) is 0 Å². The number of unbranched alkanes of at least 4 members (excludes halogenated alkanes) is 42. The van der Waals surface area contributed by atoms with Crippen LogP contribution < -0.4 is 5.32 Å². The maximum atomic E-state index is 13.3. The van der Waals surface area contributed by atoms with E-state index in [0.717, 1.165) is 51.4 Å². The van der Waals surface area contributed by atoms with Gasteiger partial charge in [-0.25, -0.2) is 0 Å². The van der Waals surface area contributed by atoms with E-state index >= 15 is 0 Å². The summed E-state index contributed by atoms with van der Waals surface area (Å²) in [7, 11) is 0. The summed E-state index contributed by atoms with van der Waals surface area (Å²) < 4.78 is 22.7. The molecule has 2 fully saturated rings. The number of aliphatic hydroxyl groups is 8. The average molecular weight is 1210 g/mol. The highest BCUT2D eigenvalue weighted by Crippen LogP contribution is 2.30. The predicted octanol–water partition coefficient (Wildman–Crippen LogP) is 14.5. The van der Waals surface area contributed by atoms with Gasteiger partial charge in [0.05, 0.1) is 32.0 Å². The van der Waals surface area contributed by atoms with Crippen molar-refractivity contribution in [2.45, 2.75) is 389 Å². The zero-order valence-corrected chi connectivity index (χ0v) is 54.4. The molecule has 14 nitrogen and oxygen atoms in total. The predicted molar refractivity (Wildman–Crippen MR) is 346 cm³/mol. The molecule has 1 amide bonds. The molecule has 2 rings (SSSR count). The summed E-state index contributed by atoms with van der Waals surface area (Å²) >= 11 is 0. The number of aliphatic hydroxyl groups excluding tert-OH is 8. The monoisotopic (exact) mass is 1210 g/mol. The van der Waals surface area contributed by atoms with E-state index < -0.39 is 86.8 Å². The second-order valence-electron chi connectivity index (χ2n) is 25.4. The number of carbonyl (C=O) groups excluding carboxylic acids is 1. The molecule has 12 unspecified atom stereocenters. The van der Waals surface area contributed by atoms with Crippen LogP contribution >= 0.6 is 0 Å². The number of ether oxygens (including phenoxy) is 4. The molecule has 500 valence electrons. The van der Waals surface area contributed by atoms with E-state index in [4.69, 9.17) is 18.9 Å². The lowest BCUT2D eigenvalue weighted by Gasteiger charge is -2.46. The van der Waals surface area contributed by atoms with E-state index in [2.05, 4.69) is 43.5 Å². The van der Waals surface area contributed by atoms with Gasteiger partial charge in [0, 0.05) is 6.42 Å². The molecule has 0 aromatic carbocycles. The van der Waals surface area contributed by atoms with E-state index in [9.17, 15) is 45.6 Å². The number of carbonyl (C=O) groups is 1. The Labute approximate surface area is 519 Å². The van der Waals surface area contributed by atoms with Crippen molar-refractivity contribution in [3.8, 4) is 0 Å². The van der Waals surface area contributed by atoms with Gasteiger partial charge in [0.25, 0.3) is 0 Å². The largest absolute Gasteiger partial charge is 0.394 e. The molecule has 0 radical (unpaired) electrons. The Bertz CT molecular complexity index is 1560. The fraction of sp³-hybridized carbons (Fsp3) is 0.901. The van der Waals surface area contributed by atoms with E-state index in [1.165, 1.54) is 231 Å². The normalized spacial score (nSPS) is 23.7. The number of nitrogens with one attached hydrogen (secondary N) is 1. The van der Waals surface area contributed by atoms with Crippen molar-refractivity contribution < 1.29 is 64.6 Å². The molecule has 0 aromatic rings. The van der Waals surface area contributed by atoms with Crippen LogP contribution in [0.1, 0.15) is 316 Å². The van der Waals surface area contributed by atoms with Crippen molar-refractivity contribution in [2.24, 2.45) is 0 Å². The van der Waals surface area contributed by atoms with Crippen molar-refractivity contribution in [2.75, 3.05) is 19.8 Å². The van der Waals surface area contributed by atoms with Crippen LogP contribution in [0.25, 0.3) is 0 Å². The van der Waals surface area contributed by atoms with Crippen LogP contribution in [0.4, 0.5) is 0 Å². The van der Waals surface area contributed by atoms with Crippen molar-refractivity contribution in [3.05, 3.63) is 36.5 Å². The highest BCUT2D eigenvalue weighted by molar-refractivity contribution is 5.76. The van der Waals surface area contributed by atoms with Gasteiger partial charge in [-0.1, -0.05) is 307 Å². The molecule has 2 aliphatic heterocycles. The fourth-order valence-corrected chi connectivity index (χ4v) is 11.9. The molecule has 14 heteroatoms. The summed E-state index contributed by atoms with van der Waals surface area (Å²) in [6, 6.07) is -0.935. The third kappa shape index (κ3) is 40.5. The first-order valence-electron chi connectivity index (χ1n) is 35.7. The summed E-state index contributed by atoms with van der Waals surface area (Å²) in [5, 5.41) is 87.0. The second-order valence-corrected chi connectivity index (χ2v) is 25.4. The maximum absolute atomic E-state index is 13.3.